The van der Waals surface area contributed by atoms with Gasteiger partial charge < -0.3 is 16.6 Å². The average molecular weight is 164 g/mol. The molecule has 0 atom stereocenters. The molecule has 6 nitrogen and oxygen atoms in total. The molecule has 0 saturated carbocycles. The largest absolute Gasteiger partial charge is 0.481 e. The van der Waals surface area contributed by atoms with Crippen molar-refractivity contribution in [3.8, 4) is 0 Å². The van der Waals surface area contributed by atoms with E-state index in [1.165, 1.54) is 0 Å². The molecule has 0 aliphatic heterocycles. The SMILES string of the molecule is CCC(=O)O.NC=O.NC=O. The zero-order valence-corrected chi connectivity index (χ0v) is 6.19. The number of carboxylic acid groups (broad SMARTS) is 1. The number of rotatable bonds is 1. The van der Waals surface area contributed by atoms with Crippen LogP contribution in [-0.2, 0) is 14.4 Å². The van der Waals surface area contributed by atoms with Crippen molar-refractivity contribution in [1.29, 1.82) is 0 Å². The van der Waals surface area contributed by atoms with E-state index >= 15 is 0 Å². The molecular formula is C5H12N2O4. The number of carboxylic acids is 1. The lowest BCUT2D eigenvalue weighted by Gasteiger charge is -1.71. The Kier molecular flexibility index (Phi) is 35.0. The van der Waals surface area contributed by atoms with Gasteiger partial charge in [0.05, 0.1) is 0 Å². The minimum Gasteiger partial charge on any atom is -0.481 e. The molecule has 2 amide bonds. The first-order chi connectivity index (χ1) is 5.10. The van der Waals surface area contributed by atoms with Crippen molar-refractivity contribution in [3.05, 3.63) is 0 Å². The van der Waals surface area contributed by atoms with Gasteiger partial charge in [-0.25, -0.2) is 0 Å². The Labute approximate surface area is 64.2 Å². The van der Waals surface area contributed by atoms with Gasteiger partial charge in [0.25, 0.3) is 0 Å². The van der Waals surface area contributed by atoms with Crippen LogP contribution in [0.5, 0.6) is 0 Å². The van der Waals surface area contributed by atoms with Gasteiger partial charge in [0.15, 0.2) is 0 Å². The highest BCUT2D eigenvalue weighted by molar-refractivity contribution is 5.66. The van der Waals surface area contributed by atoms with Crippen LogP contribution in [0.25, 0.3) is 0 Å². The minimum absolute atomic E-state index is 0.222. The van der Waals surface area contributed by atoms with Crippen LogP contribution >= 0.6 is 0 Å². The first-order valence-electron chi connectivity index (χ1n) is 2.63. The highest BCUT2D eigenvalue weighted by atomic mass is 16.4. The summed E-state index contributed by atoms with van der Waals surface area (Å²) in [6, 6.07) is 0. The predicted octanol–water partition coefficient (Wildman–Crippen LogP) is -1.32. The molecule has 6 heteroatoms. The summed E-state index contributed by atoms with van der Waals surface area (Å²) in [5.41, 5.74) is 8.33. The normalized spacial score (nSPS) is 5.55. The monoisotopic (exact) mass is 164 g/mol. The quantitative estimate of drug-likeness (QED) is 0.416. The predicted molar refractivity (Wildman–Crippen MR) is 38.4 cm³/mol. The van der Waals surface area contributed by atoms with Gasteiger partial charge in [-0.05, 0) is 0 Å². The summed E-state index contributed by atoms with van der Waals surface area (Å²) in [6.45, 7) is 1.60. The Morgan fingerprint density at radius 1 is 1.36 bits per heavy atom. The summed E-state index contributed by atoms with van der Waals surface area (Å²) in [6.07, 6.45) is 0.722. The van der Waals surface area contributed by atoms with E-state index in [4.69, 9.17) is 14.7 Å². The van der Waals surface area contributed by atoms with E-state index in [-0.39, 0.29) is 19.2 Å². The summed E-state index contributed by atoms with van der Waals surface area (Å²) in [5, 5.41) is 7.72. The van der Waals surface area contributed by atoms with Gasteiger partial charge in [-0.15, -0.1) is 0 Å². The third kappa shape index (κ3) is 2060. The Bertz CT molecular complexity index is 98.7. The molecule has 0 aliphatic carbocycles. The second-order valence-corrected chi connectivity index (χ2v) is 1.02. The number of amides is 2. The first kappa shape index (κ1) is 16.2. The molecule has 0 fully saturated rings. The zero-order valence-electron chi connectivity index (χ0n) is 6.19. The molecule has 5 N–H and O–H groups in total. The Morgan fingerprint density at radius 2 is 1.45 bits per heavy atom. The lowest BCUT2D eigenvalue weighted by Crippen LogP contribution is -1.86. The molecule has 0 aromatic rings. The van der Waals surface area contributed by atoms with Crippen LogP contribution in [0, 0.1) is 0 Å². The van der Waals surface area contributed by atoms with E-state index in [0.717, 1.165) is 0 Å². The van der Waals surface area contributed by atoms with Gasteiger partial charge >= 0.3 is 5.97 Å². The van der Waals surface area contributed by atoms with Crippen LogP contribution in [0.15, 0.2) is 0 Å². The summed E-state index contributed by atoms with van der Waals surface area (Å²) >= 11 is 0. The van der Waals surface area contributed by atoms with Crippen LogP contribution in [0.2, 0.25) is 0 Å². The van der Waals surface area contributed by atoms with Crippen molar-refractivity contribution in [3.63, 3.8) is 0 Å². The smallest absolute Gasteiger partial charge is 0.303 e. The number of hydrogen-bond acceptors (Lipinski definition) is 3. The maximum absolute atomic E-state index is 9.37. The molecule has 0 aromatic heterocycles. The summed E-state index contributed by atoms with van der Waals surface area (Å²) in [7, 11) is 0. The fourth-order valence-corrected chi connectivity index (χ4v) is 0. The third-order valence-corrected chi connectivity index (χ3v) is 0.302. The summed E-state index contributed by atoms with van der Waals surface area (Å²) < 4.78 is 0. The molecular weight excluding hydrogens is 152 g/mol. The van der Waals surface area contributed by atoms with Crippen molar-refractivity contribution in [2.45, 2.75) is 13.3 Å². The molecule has 0 rings (SSSR count). The van der Waals surface area contributed by atoms with E-state index < -0.39 is 5.97 Å². The van der Waals surface area contributed by atoms with Crippen molar-refractivity contribution in [2.75, 3.05) is 0 Å². The molecule has 66 valence electrons. The number of hydrogen-bond donors (Lipinski definition) is 3. The van der Waals surface area contributed by atoms with E-state index in [0.29, 0.717) is 0 Å². The number of carbonyl (C=O) groups is 3. The van der Waals surface area contributed by atoms with Crippen LogP contribution < -0.4 is 11.5 Å². The first-order valence-corrected chi connectivity index (χ1v) is 2.63. The fourth-order valence-electron chi connectivity index (χ4n) is 0. The number of aliphatic carboxylic acids is 1. The maximum Gasteiger partial charge on any atom is 0.303 e. The van der Waals surface area contributed by atoms with Gasteiger partial charge in [-0.3, -0.25) is 14.4 Å². The molecule has 0 radical (unpaired) electrons. The van der Waals surface area contributed by atoms with E-state index in [1.807, 2.05) is 0 Å². The van der Waals surface area contributed by atoms with Gasteiger partial charge in [-0.2, -0.15) is 0 Å². The Hall–Kier alpha value is -1.59. The zero-order chi connectivity index (χ0) is 9.70. The van der Waals surface area contributed by atoms with Gasteiger partial charge in [-0.1, -0.05) is 6.92 Å². The molecule has 0 aliphatic rings. The number of primary amides is 2. The van der Waals surface area contributed by atoms with E-state index in [1.54, 1.807) is 6.92 Å². The average Bonchev–Trinajstić information content (AvgIpc) is 1.91. The van der Waals surface area contributed by atoms with Gasteiger partial charge in [0.2, 0.25) is 12.8 Å². The summed E-state index contributed by atoms with van der Waals surface area (Å²) in [4.78, 5) is 26.5. The lowest BCUT2D eigenvalue weighted by atomic mass is 10.5. The highest BCUT2D eigenvalue weighted by Gasteiger charge is 1.80. The topological polar surface area (TPSA) is 123 Å². The maximum atomic E-state index is 9.37. The fraction of sp³-hybridized carbons (Fsp3) is 0.400. The van der Waals surface area contributed by atoms with Crippen molar-refractivity contribution >= 4 is 18.8 Å². The summed E-state index contributed by atoms with van der Waals surface area (Å²) in [5.74, 6) is -0.745. The lowest BCUT2D eigenvalue weighted by molar-refractivity contribution is -0.136. The van der Waals surface area contributed by atoms with Crippen LogP contribution in [0.4, 0.5) is 0 Å². The van der Waals surface area contributed by atoms with E-state index in [2.05, 4.69) is 11.5 Å². The molecule has 0 heterocycles. The standard InChI is InChI=1S/C3H6O2.2CH3NO/c1-2-3(4)5;2*2-1-3/h2H2,1H3,(H,4,5);2*1H,(H2,2,3). The van der Waals surface area contributed by atoms with E-state index in [9.17, 15) is 4.79 Å². The van der Waals surface area contributed by atoms with Crippen LogP contribution in [0.1, 0.15) is 13.3 Å². The number of nitrogens with two attached hydrogens (primary N) is 2. The van der Waals surface area contributed by atoms with Crippen molar-refractivity contribution in [2.24, 2.45) is 11.5 Å². The van der Waals surface area contributed by atoms with Gasteiger partial charge in [0.1, 0.15) is 0 Å². The molecule has 0 unspecified atom stereocenters. The van der Waals surface area contributed by atoms with Gasteiger partial charge in [0, 0.05) is 6.42 Å². The second kappa shape index (κ2) is 23.7. The van der Waals surface area contributed by atoms with Crippen molar-refractivity contribution < 1.29 is 19.5 Å². The molecule has 0 spiro atoms. The van der Waals surface area contributed by atoms with Crippen LogP contribution in [0.3, 0.4) is 0 Å². The second-order valence-electron chi connectivity index (χ2n) is 1.02. The molecule has 11 heavy (non-hydrogen) atoms. The third-order valence-electron chi connectivity index (χ3n) is 0.302. The van der Waals surface area contributed by atoms with Crippen molar-refractivity contribution in [1.82, 2.24) is 0 Å². The molecule has 0 saturated heterocycles. The van der Waals surface area contributed by atoms with Crippen LogP contribution in [-0.4, -0.2) is 23.9 Å². The number of carbonyl (C=O) groups excluding carboxylic acids is 2. The molecule has 0 bridgehead atoms. The highest BCUT2D eigenvalue weighted by Crippen LogP contribution is 1.67. The Morgan fingerprint density at radius 3 is 1.45 bits per heavy atom. The molecule has 0 aromatic carbocycles. The Balaban J connectivity index is -0.0000000933. The minimum atomic E-state index is -0.745.